The Balaban J connectivity index is 1.90. The largest absolute Gasteiger partial charge is 0.494 e. The number of pyridine rings is 1. The third-order valence-electron chi connectivity index (χ3n) is 3.84. The first kappa shape index (κ1) is 13.6. The van der Waals surface area contributed by atoms with E-state index >= 15 is 0 Å². The van der Waals surface area contributed by atoms with E-state index in [9.17, 15) is 4.79 Å². The molecule has 1 fully saturated rings. The number of benzene rings is 1. The highest BCUT2D eigenvalue weighted by atomic mass is 16.5. The summed E-state index contributed by atoms with van der Waals surface area (Å²) in [7, 11) is 1.65. The van der Waals surface area contributed by atoms with E-state index in [2.05, 4.69) is 34.6 Å². The zero-order chi connectivity index (χ0) is 14.8. The van der Waals surface area contributed by atoms with E-state index in [1.54, 1.807) is 13.3 Å². The number of methoxy groups -OCH3 is 1. The van der Waals surface area contributed by atoms with Gasteiger partial charge in [0, 0.05) is 17.7 Å². The van der Waals surface area contributed by atoms with Crippen molar-refractivity contribution in [1.82, 2.24) is 10.3 Å². The smallest absolute Gasteiger partial charge is 0.220 e. The Bertz CT molecular complexity index is 665. The van der Waals surface area contributed by atoms with Crippen LogP contribution in [-0.4, -0.2) is 18.0 Å². The van der Waals surface area contributed by atoms with Crippen LogP contribution >= 0.6 is 0 Å². The highest BCUT2D eigenvalue weighted by molar-refractivity contribution is 5.79. The molecule has 1 aromatic heterocycles. The van der Waals surface area contributed by atoms with E-state index in [0.717, 1.165) is 34.6 Å². The van der Waals surface area contributed by atoms with Crippen molar-refractivity contribution >= 4 is 5.91 Å². The fraction of sp³-hybridized carbons (Fsp3) is 0.294. The van der Waals surface area contributed by atoms with Gasteiger partial charge in [0.1, 0.15) is 5.75 Å². The molecule has 0 radical (unpaired) electrons. The number of carbonyl (C=O) groups excluding carboxylic acids is 1. The average molecular weight is 282 g/mol. The third-order valence-corrected chi connectivity index (χ3v) is 3.84. The Kier molecular flexibility index (Phi) is 3.60. The van der Waals surface area contributed by atoms with Crippen molar-refractivity contribution in [1.29, 1.82) is 0 Å². The Morgan fingerprint density at radius 2 is 2.05 bits per heavy atom. The van der Waals surface area contributed by atoms with Crippen LogP contribution in [0.25, 0.3) is 11.1 Å². The zero-order valence-electron chi connectivity index (χ0n) is 12.2. The minimum Gasteiger partial charge on any atom is -0.494 e. The van der Waals surface area contributed by atoms with Gasteiger partial charge < -0.3 is 10.1 Å². The number of ether oxygens (including phenoxy) is 1. The van der Waals surface area contributed by atoms with Crippen molar-refractivity contribution in [2.75, 3.05) is 7.11 Å². The Morgan fingerprint density at radius 3 is 2.67 bits per heavy atom. The summed E-state index contributed by atoms with van der Waals surface area (Å²) in [5, 5.41) is 2.99. The Hall–Kier alpha value is -2.36. The van der Waals surface area contributed by atoms with Gasteiger partial charge in [-0.3, -0.25) is 9.78 Å². The van der Waals surface area contributed by atoms with E-state index in [-0.39, 0.29) is 11.9 Å². The molecule has 4 heteroatoms. The van der Waals surface area contributed by atoms with Crippen molar-refractivity contribution in [3.05, 3.63) is 47.8 Å². The number of carbonyl (C=O) groups is 1. The van der Waals surface area contributed by atoms with Gasteiger partial charge in [-0.05, 0) is 30.5 Å². The molecule has 2 aromatic rings. The molecule has 0 bridgehead atoms. The van der Waals surface area contributed by atoms with Gasteiger partial charge in [-0.2, -0.15) is 0 Å². The summed E-state index contributed by atoms with van der Waals surface area (Å²) in [6.45, 7) is 1.96. The Labute approximate surface area is 124 Å². The number of aryl methyl sites for hydroxylation is 1. The summed E-state index contributed by atoms with van der Waals surface area (Å²) >= 11 is 0. The zero-order valence-corrected chi connectivity index (χ0v) is 12.2. The molecule has 1 unspecified atom stereocenters. The molecule has 0 aliphatic carbocycles. The molecular weight excluding hydrogens is 264 g/mol. The lowest BCUT2D eigenvalue weighted by atomic mass is 9.99. The predicted octanol–water partition coefficient (Wildman–Crippen LogP) is 3.02. The third kappa shape index (κ3) is 2.75. The quantitative estimate of drug-likeness (QED) is 0.941. The van der Waals surface area contributed by atoms with Crippen molar-refractivity contribution in [2.45, 2.75) is 25.8 Å². The predicted molar refractivity (Wildman–Crippen MR) is 81.1 cm³/mol. The second kappa shape index (κ2) is 5.56. The lowest BCUT2D eigenvalue weighted by Crippen LogP contribution is -2.18. The van der Waals surface area contributed by atoms with Crippen LogP contribution in [0, 0.1) is 6.92 Å². The maximum absolute atomic E-state index is 11.3. The van der Waals surface area contributed by atoms with E-state index in [1.807, 2.05) is 13.0 Å². The SMILES string of the molecule is COc1cnc(C)cc1-c1ccc(C2CCC(=O)N2)cc1. The number of rotatable bonds is 3. The van der Waals surface area contributed by atoms with Crippen molar-refractivity contribution in [3.8, 4) is 16.9 Å². The van der Waals surface area contributed by atoms with Crippen molar-refractivity contribution in [2.24, 2.45) is 0 Å². The molecule has 1 aliphatic heterocycles. The van der Waals surface area contributed by atoms with Crippen LogP contribution in [0.4, 0.5) is 0 Å². The number of nitrogens with one attached hydrogen (secondary N) is 1. The first-order valence-corrected chi connectivity index (χ1v) is 7.07. The van der Waals surface area contributed by atoms with Crippen LogP contribution in [0.15, 0.2) is 36.5 Å². The summed E-state index contributed by atoms with van der Waals surface area (Å²) in [6.07, 6.45) is 3.23. The van der Waals surface area contributed by atoms with Gasteiger partial charge in [0.05, 0.1) is 19.3 Å². The van der Waals surface area contributed by atoms with E-state index < -0.39 is 0 Å². The van der Waals surface area contributed by atoms with Gasteiger partial charge in [0.15, 0.2) is 0 Å². The molecule has 108 valence electrons. The second-order valence-electron chi connectivity index (χ2n) is 5.31. The molecule has 3 rings (SSSR count). The highest BCUT2D eigenvalue weighted by Crippen LogP contribution is 2.31. The number of amides is 1. The maximum Gasteiger partial charge on any atom is 0.220 e. The molecule has 1 aliphatic rings. The number of nitrogens with zero attached hydrogens (tertiary/aromatic N) is 1. The summed E-state index contributed by atoms with van der Waals surface area (Å²) in [6, 6.07) is 10.4. The summed E-state index contributed by atoms with van der Waals surface area (Å²) in [5.41, 5.74) is 4.23. The Morgan fingerprint density at radius 1 is 1.29 bits per heavy atom. The van der Waals surface area contributed by atoms with E-state index in [4.69, 9.17) is 4.74 Å². The monoisotopic (exact) mass is 282 g/mol. The van der Waals surface area contributed by atoms with Gasteiger partial charge in [-0.25, -0.2) is 0 Å². The molecule has 4 nitrogen and oxygen atoms in total. The molecule has 1 amide bonds. The molecule has 1 atom stereocenters. The minimum absolute atomic E-state index is 0.135. The van der Waals surface area contributed by atoms with Gasteiger partial charge in [0.2, 0.25) is 5.91 Å². The fourth-order valence-corrected chi connectivity index (χ4v) is 2.69. The summed E-state index contributed by atoms with van der Waals surface area (Å²) in [5.74, 6) is 0.901. The minimum atomic E-state index is 0.135. The summed E-state index contributed by atoms with van der Waals surface area (Å²) in [4.78, 5) is 15.6. The van der Waals surface area contributed by atoms with Crippen molar-refractivity contribution in [3.63, 3.8) is 0 Å². The van der Waals surface area contributed by atoms with Gasteiger partial charge in [-0.1, -0.05) is 24.3 Å². The topological polar surface area (TPSA) is 51.2 Å². The first-order chi connectivity index (χ1) is 10.2. The normalized spacial score (nSPS) is 17.6. The van der Waals surface area contributed by atoms with Crippen LogP contribution in [0.1, 0.15) is 30.1 Å². The van der Waals surface area contributed by atoms with Crippen LogP contribution in [0.5, 0.6) is 5.75 Å². The van der Waals surface area contributed by atoms with Gasteiger partial charge >= 0.3 is 0 Å². The molecule has 1 saturated heterocycles. The molecule has 0 spiro atoms. The number of hydrogen-bond acceptors (Lipinski definition) is 3. The van der Waals surface area contributed by atoms with Crippen LogP contribution in [0.2, 0.25) is 0 Å². The fourth-order valence-electron chi connectivity index (χ4n) is 2.69. The van der Waals surface area contributed by atoms with Gasteiger partial charge in [-0.15, -0.1) is 0 Å². The standard InChI is InChI=1S/C17H18N2O2/c1-11-9-14(16(21-2)10-18-11)12-3-5-13(6-4-12)15-7-8-17(20)19-15/h3-6,9-10,15H,7-8H2,1-2H3,(H,19,20). The maximum atomic E-state index is 11.3. The molecule has 1 aromatic carbocycles. The summed E-state index contributed by atoms with van der Waals surface area (Å²) < 4.78 is 5.38. The molecular formula is C17H18N2O2. The number of aromatic nitrogens is 1. The number of hydrogen-bond donors (Lipinski definition) is 1. The second-order valence-corrected chi connectivity index (χ2v) is 5.31. The van der Waals surface area contributed by atoms with E-state index in [0.29, 0.717) is 6.42 Å². The lowest BCUT2D eigenvalue weighted by molar-refractivity contribution is -0.119. The first-order valence-electron chi connectivity index (χ1n) is 7.07. The van der Waals surface area contributed by atoms with Crippen molar-refractivity contribution < 1.29 is 9.53 Å². The molecule has 1 N–H and O–H groups in total. The highest BCUT2D eigenvalue weighted by Gasteiger charge is 2.22. The van der Waals surface area contributed by atoms with Crippen LogP contribution < -0.4 is 10.1 Å². The van der Waals surface area contributed by atoms with Crippen LogP contribution in [-0.2, 0) is 4.79 Å². The molecule has 0 saturated carbocycles. The average Bonchev–Trinajstić information content (AvgIpc) is 2.94. The van der Waals surface area contributed by atoms with Crippen LogP contribution in [0.3, 0.4) is 0 Å². The molecule has 2 heterocycles. The molecule has 21 heavy (non-hydrogen) atoms. The van der Waals surface area contributed by atoms with E-state index in [1.165, 1.54) is 0 Å². The van der Waals surface area contributed by atoms with Gasteiger partial charge in [0.25, 0.3) is 0 Å². The lowest BCUT2D eigenvalue weighted by Gasteiger charge is -2.13.